The van der Waals surface area contributed by atoms with E-state index < -0.39 is 0 Å². The smallest absolute Gasteiger partial charge is 0.223 e. The van der Waals surface area contributed by atoms with E-state index in [1.165, 1.54) is 11.1 Å². The summed E-state index contributed by atoms with van der Waals surface area (Å²) in [4.78, 5) is 16.5. The molecule has 6 heteroatoms. The summed E-state index contributed by atoms with van der Waals surface area (Å²) in [6.45, 7) is 8.26. The maximum absolute atomic E-state index is 5.04. The van der Waals surface area contributed by atoms with E-state index in [0.29, 0.717) is 11.9 Å². The first kappa shape index (κ1) is 22.0. The van der Waals surface area contributed by atoms with Gasteiger partial charge in [0.1, 0.15) is 5.65 Å². The molecule has 4 rings (SSSR count). The van der Waals surface area contributed by atoms with Crippen LogP contribution in [0.2, 0.25) is 0 Å². The minimum atomic E-state index is 0.633. The molecule has 0 atom stereocenters. The van der Waals surface area contributed by atoms with Crippen molar-refractivity contribution in [1.29, 1.82) is 0 Å². The number of pyridine rings is 1. The zero-order valence-corrected chi connectivity index (χ0v) is 19.6. The normalized spacial score (nSPS) is 11.6. The van der Waals surface area contributed by atoms with Crippen LogP contribution >= 0.6 is 0 Å². The molecule has 0 radical (unpaired) electrons. The zero-order valence-electron chi connectivity index (χ0n) is 19.6. The molecule has 1 aromatic carbocycles. The van der Waals surface area contributed by atoms with E-state index in [4.69, 9.17) is 9.97 Å². The molecule has 0 aliphatic rings. The van der Waals surface area contributed by atoms with E-state index in [1.807, 2.05) is 12.3 Å². The van der Waals surface area contributed by atoms with Crippen LogP contribution in [0.1, 0.15) is 31.4 Å². The van der Waals surface area contributed by atoms with Crippen LogP contribution in [0.4, 0.5) is 5.95 Å². The van der Waals surface area contributed by atoms with Crippen LogP contribution < -0.4 is 5.32 Å². The highest BCUT2D eigenvalue weighted by Crippen LogP contribution is 2.32. The Kier molecular flexibility index (Phi) is 6.51. The molecular formula is C26H32N6. The Balaban J connectivity index is 1.81. The minimum Gasteiger partial charge on any atom is -0.354 e. The largest absolute Gasteiger partial charge is 0.354 e. The molecule has 0 aliphatic heterocycles. The van der Waals surface area contributed by atoms with Crippen molar-refractivity contribution < 1.29 is 0 Å². The number of nitrogens with zero attached hydrogens (tertiary/aromatic N) is 5. The number of benzene rings is 1. The molecule has 3 aromatic heterocycles. The molecule has 0 aliphatic carbocycles. The standard InChI is InChI=1S/C26H32N6/c1-18(2)10-13-27-26-28-14-11-22(29-26)25-24(21-8-6-19(3)7-9-21)30-23-16-20(17-31(4)5)12-15-32(23)25/h6-9,11-12,14-16,18H,10,13,17H2,1-5H3,(H,27,28,29). The van der Waals surface area contributed by atoms with Crippen molar-refractivity contribution in [3.8, 4) is 22.6 Å². The maximum Gasteiger partial charge on any atom is 0.223 e. The molecule has 4 aromatic rings. The second kappa shape index (κ2) is 9.49. The second-order valence-corrected chi connectivity index (χ2v) is 9.05. The second-order valence-electron chi connectivity index (χ2n) is 9.05. The molecule has 0 bridgehead atoms. The van der Waals surface area contributed by atoms with Crippen LogP contribution in [-0.4, -0.2) is 44.9 Å². The molecule has 32 heavy (non-hydrogen) atoms. The van der Waals surface area contributed by atoms with Gasteiger partial charge in [0.15, 0.2) is 0 Å². The third-order valence-corrected chi connectivity index (χ3v) is 5.42. The van der Waals surface area contributed by atoms with Crippen LogP contribution in [0.3, 0.4) is 0 Å². The number of hydrogen-bond acceptors (Lipinski definition) is 5. The molecule has 0 saturated heterocycles. The Hall–Kier alpha value is -3.25. The number of aryl methyl sites for hydroxylation is 1. The van der Waals surface area contributed by atoms with Gasteiger partial charge in [0.2, 0.25) is 5.95 Å². The Morgan fingerprint density at radius 2 is 1.81 bits per heavy atom. The van der Waals surface area contributed by atoms with Crippen LogP contribution in [0, 0.1) is 12.8 Å². The SMILES string of the molecule is Cc1ccc(-c2nc3cc(CN(C)C)ccn3c2-c2ccnc(NCCC(C)C)n2)cc1. The topological polar surface area (TPSA) is 58.4 Å². The molecule has 1 N–H and O–H groups in total. The maximum atomic E-state index is 5.04. The predicted octanol–water partition coefficient (Wildman–Crippen LogP) is 5.29. The highest BCUT2D eigenvalue weighted by molar-refractivity contribution is 5.80. The predicted molar refractivity (Wildman–Crippen MR) is 132 cm³/mol. The third-order valence-electron chi connectivity index (χ3n) is 5.42. The lowest BCUT2D eigenvalue weighted by Gasteiger charge is -2.11. The fraction of sp³-hybridized carbons (Fsp3) is 0.346. The molecule has 0 spiro atoms. The van der Waals surface area contributed by atoms with Crippen molar-refractivity contribution in [2.24, 2.45) is 5.92 Å². The van der Waals surface area contributed by atoms with Crippen LogP contribution in [0.25, 0.3) is 28.3 Å². The van der Waals surface area contributed by atoms with Gasteiger partial charge in [-0.1, -0.05) is 43.7 Å². The number of aromatic nitrogens is 4. The molecule has 166 valence electrons. The van der Waals surface area contributed by atoms with Crippen molar-refractivity contribution in [2.45, 2.75) is 33.7 Å². The number of anilines is 1. The first-order valence-electron chi connectivity index (χ1n) is 11.2. The number of hydrogen-bond donors (Lipinski definition) is 1. The summed E-state index contributed by atoms with van der Waals surface area (Å²) in [5.41, 5.74) is 7.22. The van der Waals surface area contributed by atoms with E-state index in [0.717, 1.165) is 47.8 Å². The van der Waals surface area contributed by atoms with Gasteiger partial charge in [-0.2, -0.15) is 0 Å². The summed E-state index contributed by atoms with van der Waals surface area (Å²) in [5, 5.41) is 3.37. The van der Waals surface area contributed by atoms with E-state index >= 15 is 0 Å². The fourth-order valence-corrected chi connectivity index (χ4v) is 3.76. The molecule has 0 fully saturated rings. The van der Waals surface area contributed by atoms with Crippen molar-refractivity contribution in [3.05, 3.63) is 66.0 Å². The van der Waals surface area contributed by atoms with E-state index in [9.17, 15) is 0 Å². The van der Waals surface area contributed by atoms with Crippen molar-refractivity contribution in [3.63, 3.8) is 0 Å². The highest BCUT2D eigenvalue weighted by Gasteiger charge is 2.18. The van der Waals surface area contributed by atoms with Gasteiger partial charge in [-0.3, -0.25) is 4.40 Å². The van der Waals surface area contributed by atoms with Gasteiger partial charge in [-0.05, 0) is 57.1 Å². The monoisotopic (exact) mass is 428 g/mol. The summed E-state index contributed by atoms with van der Waals surface area (Å²) in [7, 11) is 4.15. The highest BCUT2D eigenvalue weighted by atomic mass is 15.1. The average Bonchev–Trinajstić information content (AvgIpc) is 3.12. The summed E-state index contributed by atoms with van der Waals surface area (Å²) in [6, 6.07) is 14.8. The first-order chi connectivity index (χ1) is 15.4. The summed E-state index contributed by atoms with van der Waals surface area (Å²) in [6.07, 6.45) is 4.99. The quantitative estimate of drug-likeness (QED) is 0.413. The first-order valence-corrected chi connectivity index (χ1v) is 11.2. The lowest BCUT2D eigenvalue weighted by molar-refractivity contribution is 0.402. The molecule has 0 saturated carbocycles. The summed E-state index contributed by atoms with van der Waals surface area (Å²) >= 11 is 0. The van der Waals surface area contributed by atoms with Gasteiger partial charge >= 0.3 is 0 Å². The van der Waals surface area contributed by atoms with Crippen LogP contribution in [-0.2, 0) is 6.54 Å². The molecule has 6 nitrogen and oxygen atoms in total. The minimum absolute atomic E-state index is 0.633. The molecule has 0 unspecified atom stereocenters. The van der Waals surface area contributed by atoms with Gasteiger partial charge in [0.25, 0.3) is 0 Å². The number of fused-ring (bicyclic) bond motifs is 1. The number of nitrogens with one attached hydrogen (secondary N) is 1. The molecular weight excluding hydrogens is 396 g/mol. The number of rotatable bonds is 8. The summed E-state index contributed by atoms with van der Waals surface area (Å²) in [5.74, 6) is 1.28. The van der Waals surface area contributed by atoms with Gasteiger partial charge in [-0.15, -0.1) is 0 Å². The third kappa shape index (κ3) is 4.97. The van der Waals surface area contributed by atoms with E-state index in [2.05, 4.69) is 97.1 Å². The van der Waals surface area contributed by atoms with Gasteiger partial charge in [-0.25, -0.2) is 15.0 Å². The van der Waals surface area contributed by atoms with Gasteiger partial charge in [0.05, 0.1) is 17.1 Å². The van der Waals surface area contributed by atoms with Crippen LogP contribution in [0.5, 0.6) is 0 Å². The average molecular weight is 429 g/mol. The van der Waals surface area contributed by atoms with Gasteiger partial charge < -0.3 is 10.2 Å². The van der Waals surface area contributed by atoms with Crippen molar-refractivity contribution >= 4 is 11.6 Å². The van der Waals surface area contributed by atoms with E-state index in [-0.39, 0.29) is 0 Å². The van der Waals surface area contributed by atoms with Crippen molar-refractivity contribution in [1.82, 2.24) is 24.3 Å². The number of imidazole rings is 1. The van der Waals surface area contributed by atoms with Crippen molar-refractivity contribution in [2.75, 3.05) is 26.0 Å². The molecule has 0 amide bonds. The Morgan fingerprint density at radius 3 is 2.53 bits per heavy atom. The fourth-order valence-electron chi connectivity index (χ4n) is 3.76. The molecule has 3 heterocycles. The Morgan fingerprint density at radius 1 is 1.03 bits per heavy atom. The van der Waals surface area contributed by atoms with Crippen LogP contribution in [0.15, 0.2) is 54.9 Å². The van der Waals surface area contributed by atoms with Gasteiger partial charge in [0, 0.05) is 31.0 Å². The Bertz CT molecular complexity index is 1190. The lowest BCUT2D eigenvalue weighted by Crippen LogP contribution is -2.10. The summed E-state index contributed by atoms with van der Waals surface area (Å²) < 4.78 is 2.13. The zero-order chi connectivity index (χ0) is 22.7. The Labute approximate surface area is 190 Å². The lowest BCUT2D eigenvalue weighted by atomic mass is 10.1. The van der Waals surface area contributed by atoms with E-state index in [1.54, 1.807) is 0 Å².